The Balaban J connectivity index is 1.77. The molecule has 1 aliphatic heterocycles. The van der Waals surface area contributed by atoms with E-state index in [0.717, 1.165) is 6.42 Å². The maximum Gasteiger partial charge on any atom is 0.296 e. The molecule has 0 aliphatic carbocycles. The van der Waals surface area contributed by atoms with Crippen molar-refractivity contribution in [1.82, 2.24) is 4.90 Å². The lowest BCUT2D eigenvalue weighted by Gasteiger charge is -2.24. The van der Waals surface area contributed by atoms with E-state index in [2.05, 4.69) is 0 Å². The summed E-state index contributed by atoms with van der Waals surface area (Å²) in [7, 11) is 0. The van der Waals surface area contributed by atoms with Crippen LogP contribution in [0, 0.1) is 5.82 Å². The Bertz CT molecular complexity index is 1130. The Morgan fingerprint density at radius 2 is 1.81 bits per heavy atom. The number of halogens is 1. The molecule has 0 radical (unpaired) electrons. The number of nitrogens with zero attached hydrogens (tertiary/aromatic N) is 1. The van der Waals surface area contributed by atoms with Gasteiger partial charge in [-0.2, -0.15) is 0 Å². The molecule has 4 rings (SSSR count). The first-order valence-corrected chi connectivity index (χ1v) is 10.3. The Hall–Kier alpha value is -3.87. The highest BCUT2D eigenvalue weighted by Crippen LogP contribution is 2.40. The second kappa shape index (κ2) is 9.09. The van der Waals surface area contributed by atoms with Gasteiger partial charge in [0.1, 0.15) is 23.1 Å². The van der Waals surface area contributed by atoms with Crippen molar-refractivity contribution < 1.29 is 28.2 Å². The highest BCUT2D eigenvalue weighted by atomic mass is 19.1. The summed E-state index contributed by atoms with van der Waals surface area (Å²) in [6.07, 6.45) is 2.33. The number of benzene rings is 2. The molecule has 32 heavy (non-hydrogen) atoms. The quantitative estimate of drug-likeness (QED) is 0.327. The monoisotopic (exact) mass is 435 g/mol. The Morgan fingerprint density at radius 3 is 2.44 bits per heavy atom. The van der Waals surface area contributed by atoms with E-state index in [-0.39, 0.29) is 17.9 Å². The number of rotatable bonds is 7. The van der Waals surface area contributed by atoms with Crippen molar-refractivity contribution in [3.63, 3.8) is 0 Å². The van der Waals surface area contributed by atoms with Gasteiger partial charge in [0, 0.05) is 5.56 Å². The number of carbonyl (C=O) groups excluding carboxylic acids is 2. The summed E-state index contributed by atoms with van der Waals surface area (Å²) in [5, 5.41) is 11.0. The summed E-state index contributed by atoms with van der Waals surface area (Å²) in [6, 6.07) is 14.6. The minimum Gasteiger partial charge on any atom is -0.507 e. The van der Waals surface area contributed by atoms with E-state index in [1.807, 2.05) is 6.92 Å². The van der Waals surface area contributed by atoms with Gasteiger partial charge in [0.2, 0.25) is 0 Å². The summed E-state index contributed by atoms with van der Waals surface area (Å²) in [6.45, 7) is 2.59. The molecule has 1 unspecified atom stereocenters. The molecule has 164 valence electrons. The smallest absolute Gasteiger partial charge is 0.296 e. The van der Waals surface area contributed by atoms with Crippen LogP contribution in [0.2, 0.25) is 0 Å². The van der Waals surface area contributed by atoms with E-state index < -0.39 is 23.5 Å². The predicted octanol–water partition coefficient (Wildman–Crippen LogP) is 4.83. The molecule has 0 spiro atoms. The van der Waals surface area contributed by atoms with Gasteiger partial charge in [-0.25, -0.2) is 4.39 Å². The molecule has 1 aliphatic rings. The fourth-order valence-electron chi connectivity index (χ4n) is 3.69. The number of Topliss-reactive ketones (excluding diaryl/α,β-unsaturated/α-hetero) is 1. The lowest BCUT2D eigenvalue weighted by Crippen LogP contribution is -2.29. The number of amides is 1. The Labute approximate surface area is 184 Å². The molecule has 1 saturated heterocycles. The molecular formula is C25H22FNO5. The third-order valence-corrected chi connectivity index (χ3v) is 5.23. The van der Waals surface area contributed by atoms with Crippen LogP contribution in [0.3, 0.4) is 0 Å². The van der Waals surface area contributed by atoms with E-state index >= 15 is 0 Å². The van der Waals surface area contributed by atoms with Crippen molar-refractivity contribution in [2.45, 2.75) is 25.9 Å². The van der Waals surface area contributed by atoms with Gasteiger partial charge in [-0.15, -0.1) is 0 Å². The van der Waals surface area contributed by atoms with Crippen molar-refractivity contribution in [2.75, 3.05) is 6.61 Å². The van der Waals surface area contributed by atoms with Crippen LogP contribution < -0.4 is 4.74 Å². The van der Waals surface area contributed by atoms with Crippen molar-refractivity contribution in [3.05, 3.63) is 95.2 Å². The molecule has 1 aromatic heterocycles. The van der Waals surface area contributed by atoms with Gasteiger partial charge >= 0.3 is 0 Å². The van der Waals surface area contributed by atoms with Gasteiger partial charge in [0.25, 0.3) is 11.7 Å². The van der Waals surface area contributed by atoms with Crippen molar-refractivity contribution in [3.8, 4) is 5.75 Å². The number of aliphatic hydroxyl groups is 1. The third kappa shape index (κ3) is 4.14. The average Bonchev–Trinajstić information content (AvgIpc) is 3.41. The van der Waals surface area contributed by atoms with Crippen LogP contribution in [0.5, 0.6) is 5.75 Å². The first-order valence-electron chi connectivity index (χ1n) is 10.3. The van der Waals surface area contributed by atoms with Crippen LogP contribution in [0.4, 0.5) is 4.39 Å². The minimum absolute atomic E-state index is 0.0280. The Kier molecular flexibility index (Phi) is 6.07. The zero-order valence-corrected chi connectivity index (χ0v) is 17.5. The molecule has 1 amide bonds. The molecule has 3 aromatic rings. The van der Waals surface area contributed by atoms with Crippen LogP contribution in [-0.4, -0.2) is 28.3 Å². The fourth-order valence-corrected chi connectivity index (χ4v) is 3.69. The number of furan rings is 1. The van der Waals surface area contributed by atoms with Crippen molar-refractivity contribution in [1.29, 1.82) is 0 Å². The third-order valence-electron chi connectivity index (χ3n) is 5.23. The topological polar surface area (TPSA) is 80.0 Å². The van der Waals surface area contributed by atoms with Crippen molar-refractivity contribution in [2.24, 2.45) is 0 Å². The molecule has 1 fully saturated rings. The molecule has 0 saturated carbocycles. The summed E-state index contributed by atoms with van der Waals surface area (Å²) < 4.78 is 24.4. The molecule has 1 N–H and O–H groups in total. The average molecular weight is 435 g/mol. The lowest BCUT2D eigenvalue weighted by molar-refractivity contribution is -0.140. The SMILES string of the molecule is CCCOc1ccc(/C(O)=C2/C(=O)C(=O)N(Cc3ccco3)C2c2ccc(F)cc2)cc1. The van der Waals surface area contributed by atoms with Crippen LogP contribution in [0.1, 0.15) is 36.3 Å². The number of carbonyl (C=O) groups is 2. The number of ether oxygens (including phenoxy) is 1. The van der Waals surface area contributed by atoms with Crippen LogP contribution in [0.15, 0.2) is 76.9 Å². The van der Waals surface area contributed by atoms with Gasteiger partial charge < -0.3 is 19.2 Å². The lowest BCUT2D eigenvalue weighted by atomic mass is 9.95. The maximum atomic E-state index is 13.5. The Morgan fingerprint density at radius 1 is 1.09 bits per heavy atom. The van der Waals surface area contributed by atoms with E-state index in [4.69, 9.17) is 9.15 Å². The first kappa shape index (κ1) is 21.4. The minimum atomic E-state index is -0.892. The molecule has 2 aromatic carbocycles. The van der Waals surface area contributed by atoms with Crippen LogP contribution >= 0.6 is 0 Å². The standard InChI is InChI=1S/C25H22FNO5/c1-2-13-31-19-11-7-17(8-12-19)23(28)21-22(16-5-9-18(26)10-6-16)27(25(30)24(21)29)15-20-4-3-14-32-20/h3-12,14,22,28H,2,13,15H2,1H3/b23-21-. The highest BCUT2D eigenvalue weighted by Gasteiger charge is 2.46. The first-order chi connectivity index (χ1) is 15.5. The van der Waals surface area contributed by atoms with E-state index in [0.29, 0.717) is 29.2 Å². The number of ketones is 1. The molecule has 7 heteroatoms. The van der Waals surface area contributed by atoms with Gasteiger partial charge in [0.15, 0.2) is 0 Å². The number of hydrogen-bond donors (Lipinski definition) is 1. The normalized spacial score (nSPS) is 17.7. The molecule has 1 atom stereocenters. The predicted molar refractivity (Wildman–Crippen MR) is 115 cm³/mol. The fraction of sp³-hybridized carbons (Fsp3) is 0.200. The molecule has 6 nitrogen and oxygen atoms in total. The van der Waals surface area contributed by atoms with E-state index in [1.165, 1.54) is 35.4 Å². The highest BCUT2D eigenvalue weighted by molar-refractivity contribution is 6.46. The van der Waals surface area contributed by atoms with E-state index in [1.54, 1.807) is 36.4 Å². The molecular weight excluding hydrogens is 413 g/mol. The summed E-state index contributed by atoms with van der Waals surface area (Å²) in [4.78, 5) is 27.2. The van der Waals surface area contributed by atoms with Crippen LogP contribution in [0.25, 0.3) is 5.76 Å². The second-order valence-electron chi connectivity index (χ2n) is 7.43. The number of likely N-dealkylation sites (tertiary alicyclic amines) is 1. The number of hydrogen-bond acceptors (Lipinski definition) is 5. The molecule has 2 heterocycles. The second-order valence-corrected chi connectivity index (χ2v) is 7.43. The zero-order chi connectivity index (χ0) is 22.7. The van der Waals surface area contributed by atoms with Crippen LogP contribution in [-0.2, 0) is 16.1 Å². The zero-order valence-electron chi connectivity index (χ0n) is 17.5. The van der Waals surface area contributed by atoms with Gasteiger partial charge in [-0.1, -0.05) is 19.1 Å². The summed E-state index contributed by atoms with van der Waals surface area (Å²) in [5.74, 6) is -1.20. The largest absolute Gasteiger partial charge is 0.507 e. The van der Waals surface area contributed by atoms with Gasteiger partial charge in [-0.3, -0.25) is 9.59 Å². The number of aliphatic hydroxyl groups excluding tert-OH is 1. The molecule has 0 bridgehead atoms. The van der Waals surface area contributed by atoms with Gasteiger partial charge in [0.05, 0.1) is 31.0 Å². The van der Waals surface area contributed by atoms with Gasteiger partial charge in [-0.05, 0) is 60.5 Å². The van der Waals surface area contributed by atoms with E-state index in [9.17, 15) is 19.1 Å². The van der Waals surface area contributed by atoms with Crippen molar-refractivity contribution >= 4 is 17.4 Å². The summed E-state index contributed by atoms with van der Waals surface area (Å²) >= 11 is 0. The summed E-state index contributed by atoms with van der Waals surface area (Å²) in [5.41, 5.74) is 0.814. The maximum absolute atomic E-state index is 13.5.